The summed E-state index contributed by atoms with van der Waals surface area (Å²) in [5, 5.41) is 0. The Labute approximate surface area is 192 Å². The number of alkyl halides is 12. The van der Waals surface area contributed by atoms with E-state index in [0.717, 1.165) is 0 Å². The van der Waals surface area contributed by atoms with Crippen LogP contribution in [0.1, 0.15) is 44.9 Å². The van der Waals surface area contributed by atoms with E-state index in [0.29, 0.717) is 13.8 Å². The van der Waals surface area contributed by atoms with Gasteiger partial charge in [0.05, 0.1) is 16.7 Å². The third-order valence-corrected chi connectivity index (χ3v) is 3.95. The van der Waals surface area contributed by atoms with Gasteiger partial charge in [-0.05, 0) is 32.0 Å². The van der Waals surface area contributed by atoms with Gasteiger partial charge in [-0.15, -0.1) is 0 Å². The summed E-state index contributed by atoms with van der Waals surface area (Å²) < 4.78 is 163. The molecule has 1 aromatic carbocycles. The molecule has 2 atom stereocenters. The van der Waals surface area contributed by atoms with Crippen molar-refractivity contribution in [1.29, 1.82) is 0 Å². The van der Waals surface area contributed by atoms with Gasteiger partial charge in [-0.2, -0.15) is 52.7 Å². The maximum absolute atomic E-state index is 12.7. The molecule has 0 spiro atoms. The highest BCUT2D eigenvalue weighted by Crippen LogP contribution is 2.36. The van der Waals surface area contributed by atoms with Crippen molar-refractivity contribution in [2.45, 2.75) is 56.9 Å². The van der Waals surface area contributed by atoms with Gasteiger partial charge in [-0.3, -0.25) is 0 Å². The summed E-state index contributed by atoms with van der Waals surface area (Å²) in [5.41, 5.74) is -3.96. The summed E-state index contributed by atoms with van der Waals surface area (Å²) in [6, 6.07) is 0.432. The fraction of sp³-hybridized carbons (Fsp3) is 0.500. The van der Waals surface area contributed by atoms with E-state index >= 15 is 0 Å². The van der Waals surface area contributed by atoms with Crippen LogP contribution in [0.4, 0.5) is 52.7 Å². The van der Waals surface area contributed by atoms with E-state index in [1.165, 1.54) is 0 Å². The van der Waals surface area contributed by atoms with Gasteiger partial charge in [0.25, 0.3) is 6.10 Å². The number of carbonyl (C=O) groups is 3. The zero-order valence-electron chi connectivity index (χ0n) is 17.4. The van der Waals surface area contributed by atoms with E-state index in [1.54, 1.807) is 0 Å². The average molecular weight is 552 g/mol. The third kappa shape index (κ3) is 8.47. The number of benzene rings is 1. The number of carbonyl (C=O) groups excluding carboxylic acids is 3. The smallest absolute Gasteiger partial charge is 0.434 e. The van der Waals surface area contributed by atoms with E-state index in [2.05, 4.69) is 14.2 Å². The van der Waals surface area contributed by atoms with Crippen molar-refractivity contribution in [3.63, 3.8) is 0 Å². The van der Waals surface area contributed by atoms with Crippen molar-refractivity contribution in [3.05, 3.63) is 34.9 Å². The minimum atomic E-state index is -6.20. The Hall–Kier alpha value is -3.21. The second-order valence-corrected chi connectivity index (χ2v) is 6.85. The fourth-order valence-electron chi connectivity index (χ4n) is 2.07. The average Bonchev–Trinajstić information content (AvgIpc) is 2.68. The molecule has 0 saturated heterocycles. The third-order valence-electron chi connectivity index (χ3n) is 3.95. The number of esters is 3. The molecular weight excluding hydrogens is 540 g/mol. The molecule has 0 heterocycles. The van der Waals surface area contributed by atoms with E-state index < -0.39 is 77.6 Å². The highest BCUT2D eigenvalue weighted by molar-refractivity contribution is 6.00. The van der Waals surface area contributed by atoms with E-state index in [4.69, 9.17) is 0 Å². The molecule has 0 bridgehead atoms. The second kappa shape index (κ2) is 10.4. The highest BCUT2D eigenvalue weighted by Gasteiger charge is 2.60. The molecule has 0 aromatic heterocycles. The van der Waals surface area contributed by atoms with E-state index in [9.17, 15) is 67.1 Å². The normalized spacial score (nSPS) is 14.8. The Balaban J connectivity index is 3.50. The monoisotopic (exact) mass is 552 g/mol. The quantitative estimate of drug-likeness (QED) is 0.262. The predicted octanol–water partition coefficient (Wildman–Crippen LogP) is 5.55. The van der Waals surface area contributed by atoms with E-state index in [1.807, 2.05) is 0 Å². The van der Waals surface area contributed by atoms with Gasteiger partial charge in [0.15, 0.2) is 12.2 Å². The van der Waals surface area contributed by atoms with Gasteiger partial charge in [-0.25, -0.2) is 14.4 Å². The lowest BCUT2D eigenvalue weighted by molar-refractivity contribution is -0.307. The second-order valence-electron chi connectivity index (χ2n) is 6.85. The van der Waals surface area contributed by atoms with Crippen LogP contribution in [-0.2, 0) is 14.2 Å². The number of hydrogen-bond acceptors (Lipinski definition) is 6. The SMILES string of the molecule is CC(OC(=O)c1cc(C(=O)OC(C)C(F)(F)F)cc(C(=O)OC(C(F)(F)F)C(F)(F)F)c1)C(F)(F)F. The van der Waals surface area contributed by atoms with Crippen molar-refractivity contribution >= 4 is 17.9 Å². The van der Waals surface area contributed by atoms with Gasteiger partial charge < -0.3 is 14.2 Å². The molecule has 6 nitrogen and oxygen atoms in total. The zero-order chi connectivity index (χ0) is 28.4. The molecule has 0 amide bonds. The Bertz CT molecular complexity index is 910. The number of halogens is 12. The Morgan fingerprint density at radius 2 is 0.778 bits per heavy atom. The topological polar surface area (TPSA) is 78.9 Å². The van der Waals surface area contributed by atoms with Crippen molar-refractivity contribution in [3.8, 4) is 0 Å². The molecule has 0 N–H and O–H groups in total. The molecule has 0 saturated carbocycles. The van der Waals surface area contributed by atoms with Crippen molar-refractivity contribution < 1.29 is 81.3 Å². The lowest BCUT2D eigenvalue weighted by atomic mass is 10.1. The minimum Gasteiger partial charge on any atom is -0.449 e. The fourth-order valence-corrected chi connectivity index (χ4v) is 2.07. The maximum Gasteiger partial charge on any atom is 0.434 e. The van der Waals surface area contributed by atoms with Crippen LogP contribution in [-0.4, -0.2) is 60.9 Å². The molecule has 18 heteroatoms. The first-order valence-corrected chi connectivity index (χ1v) is 8.99. The van der Waals surface area contributed by atoms with Crippen molar-refractivity contribution in [2.24, 2.45) is 0 Å². The van der Waals surface area contributed by atoms with E-state index in [-0.39, 0.29) is 18.2 Å². The molecule has 204 valence electrons. The molecule has 0 radical (unpaired) electrons. The van der Waals surface area contributed by atoms with Crippen LogP contribution in [0.3, 0.4) is 0 Å². The van der Waals surface area contributed by atoms with Crippen LogP contribution in [0.15, 0.2) is 18.2 Å². The van der Waals surface area contributed by atoms with Crippen LogP contribution < -0.4 is 0 Å². The molecule has 2 unspecified atom stereocenters. The highest BCUT2D eigenvalue weighted by atomic mass is 19.4. The zero-order valence-corrected chi connectivity index (χ0v) is 17.4. The van der Waals surface area contributed by atoms with Crippen LogP contribution in [0.2, 0.25) is 0 Å². The number of hydrogen-bond donors (Lipinski definition) is 0. The molecular formula is C18H12F12O6. The minimum absolute atomic E-state index is 0.0987. The summed E-state index contributed by atoms with van der Waals surface area (Å²) in [7, 11) is 0. The molecule has 0 aliphatic rings. The summed E-state index contributed by atoms with van der Waals surface area (Å²) in [4.78, 5) is 36.0. The molecule has 36 heavy (non-hydrogen) atoms. The van der Waals surface area contributed by atoms with Crippen LogP contribution >= 0.6 is 0 Å². The van der Waals surface area contributed by atoms with Gasteiger partial charge in [-0.1, -0.05) is 0 Å². The summed E-state index contributed by atoms with van der Waals surface area (Å²) >= 11 is 0. The van der Waals surface area contributed by atoms with Crippen LogP contribution in [0.5, 0.6) is 0 Å². The first-order chi connectivity index (χ1) is 15.9. The van der Waals surface area contributed by atoms with Crippen LogP contribution in [0.25, 0.3) is 0 Å². The Kier molecular flexibility index (Phi) is 8.92. The lowest BCUT2D eigenvalue weighted by Gasteiger charge is -2.23. The molecule has 0 fully saturated rings. The van der Waals surface area contributed by atoms with Crippen molar-refractivity contribution in [1.82, 2.24) is 0 Å². The maximum atomic E-state index is 12.7. The van der Waals surface area contributed by atoms with Gasteiger partial charge >= 0.3 is 42.6 Å². The molecule has 1 aromatic rings. The first-order valence-electron chi connectivity index (χ1n) is 8.99. The van der Waals surface area contributed by atoms with Crippen molar-refractivity contribution in [2.75, 3.05) is 0 Å². The largest absolute Gasteiger partial charge is 0.449 e. The first kappa shape index (κ1) is 30.8. The van der Waals surface area contributed by atoms with Gasteiger partial charge in [0.1, 0.15) is 0 Å². The van der Waals surface area contributed by atoms with Gasteiger partial charge in [0.2, 0.25) is 0 Å². The number of ether oxygens (including phenoxy) is 3. The molecule has 0 aliphatic heterocycles. The number of rotatable bonds is 6. The molecule has 0 aliphatic carbocycles. The molecule has 1 rings (SSSR count). The van der Waals surface area contributed by atoms with Crippen LogP contribution in [0, 0.1) is 0 Å². The summed E-state index contributed by atoms with van der Waals surface area (Å²) in [5.74, 6) is -6.50. The predicted molar refractivity (Wildman–Crippen MR) is 89.6 cm³/mol. The lowest BCUT2D eigenvalue weighted by Crippen LogP contribution is -2.45. The summed E-state index contributed by atoms with van der Waals surface area (Å²) in [6.45, 7) is 0.626. The summed E-state index contributed by atoms with van der Waals surface area (Å²) in [6.07, 6.45) is -33.1. The Morgan fingerprint density at radius 3 is 1.00 bits per heavy atom. The Morgan fingerprint density at radius 1 is 0.528 bits per heavy atom. The standard InChI is InChI=1S/C18H12F12O6/c1-6(15(19,20)21)34-11(31)8-3-9(12(32)35-7(2)16(22,23)24)5-10(4-8)13(33)36-14(17(25,26)27)18(28,29)30/h3-7,14H,1-2H3. The van der Waals surface area contributed by atoms with Gasteiger partial charge in [0, 0.05) is 0 Å².